The Labute approximate surface area is 81.1 Å². The predicted molar refractivity (Wildman–Crippen MR) is 45.9 cm³/mol. The number of carbonyl (C=O) groups is 1. The number of nitrogens with zero attached hydrogens (tertiary/aromatic N) is 4. The molecule has 14 heavy (non-hydrogen) atoms. The maximum Gasteiger partial charge on any atom is 0.310 e. The van der Waals surface area contributed by atoms with Crippen molar-refractivity contribution in [1.29, 1.82) is 5.26 Å². The third kappa shape index (κ3) is 2.29. The van der Waals surface area contributed by atoms with Crippen molar-refractivity contribution in [3.8, 4) is 6.07 Å². The average molecular weight is 194 g/mol. The number of hydrogen-bond donors (Lipinski definition) is 0. The van der Waals surface area contributed by atoms with Gasteiger partial charge in [-0.1, -0.05) is 6.92 Å². The molecule has 0 aliphatic rings. The van der Waals surface area contributed by atoms with Crippen molar-refractivity contribution in [2.45, 2.75) is 13.5 Å². The van der Waals surface area contributed by atoms with E-state index in [0.29, 0.717) is 6.54 Å². The fourth-order valence-corrected chi connectivity index (χ4v) is 0.990. The Morgan fingerprint density at radius 3 is 3.07 bits per heavy atom. The van der Waals surface area contributed by atoms with Gasteiger partial charge >= 0.3 is 5.97 Å². The minimum absolute atomic E-state index is 0.0991. The number of esters is 1. The van der Waals surface area contributed by atoms with Gasteiger partial charge in [0.2, 0.25) is 0 Å². The minimum Gasteiger partial charge on any atom is -0.469 e. The maximum atomic E-state index is 11.0. The summed E-state index contributed by atoms with van der Waals surface area (Å²) in [5.74, 6) is -0.505. The number of carbonyl (C=O) groups excluding carboxylic acids is 1. The van der Waals surface area contributed by atoms with Crippen LogP contribution in [0.5, 0.6) is 0 Å². The van der Waals surface area contributed by atoms with Crippen molar-refractivity contribution in [3.05, 3.63) is 12.2 Å². The first-order valence-corrected chi connectivity index (χ1v) is 4.04. The van der Waals surface area contributed by atoms with E-state index in [4.69, 9.17) is 5.26 Å². The molecule has 0 aliphatic heterocycles. The van der Waals surface area contributed by atoms with Crippen LogP contribution in [0.15, 0.2) is 6.33 Å². The summed E-state index contributed by atoms with van der Waals surface area (Å²) in [6.45, 7) is 2.08. The number of methoxy groups -OCH3 is 1. The van der Waals surface area contributed by atoms with Crippen LogP contribution in [-0.2, 0) is 16.1 Å². The molecule has 0 saturated heterocycles. The fraction of sp³-hybridized carbons (Fsp3) is 0.500. The Morgan fingerprint density at radius 1 is 1.86 bits per heavy atom. The first kappa shape index (κ1) is 10.2. The number of aromatic nitrogens is 3. The third-order valence-corrected chi connectivity index (χ3v) is 1.70. The molecule has 0 bridgehead atoms. The van der Waals surface area contributed by atoms with E-state index in [2.05, 4.69) is 14.8 Å². The number of hydrogen-bond acceptors (Lipinski definition) is 5. The monoisotopic (exact) mass is 194 g/mol. The topological polar surface area (TPSA) is 80.8 Å². The third-order valence-electron chi connectivity index (χ3n) is 1.70. The zero-order valence-electron chi connectivity index (χ0n) is 7.97. The van der Waals surface area contributed by atoms with Gasteiger partial charge in [0.25, 0.3) is 5.82 Å². The second-order valence-corrected chi connectivity index (χ2v) is 2.83. The Kier molecular flexibility index (Phi) is 3.18. The highest BCUT2D eigenvalue weighted by Crippen LogP contribution is 2.01. The molecule has 0 aliphatic carbocycles. The summed E-state index contributed by atoms with van der Waals surface area (Å²) in [5.41, 5.74) is 0. The molecule has 6 nitrogen and oxygen atoms in total. The largest absolute Gasteiger partial charge is 0.469 e. The van der Waals surface area contributed by atoms with Gasteiger partial charge < -0.3 is 4.74 Å². The summed E-state index contributed by atoms with van der Waals surface area (Å²) in [7, 11) is 1.33. The molecule has 1 aromatic rings. The molecule has 0 fully saturated rings. The van der Waals surface area contributed by atoms with E-state index in [0.717, 1.165) is 0 Å². The highest BCUT2D eigenvalue weighted by Gasteiger charge is 2.14. The lowest BCUT2D eigenvalue weighted by molar-refractivity contribution is -0.145. The Hall–Kier alpha value is -1.90. The lowest BCUT2D eigenvalue weighted by atomic mass is 10.2. The molecular weight excluding hydrogens is 184 g/mol. The Balaban J connectivity index is 2.61. The van der Waals surface area contributed by atoms with Crippen molar-refractivity contribution < 1.29 is 9.53 Å². The van der Waals surface area contributed by atoms with E-state index in [-0.39, 0.29) is 17.7 Å². The second-order valence-electron chi connectivity index (χ2n) is 2.83. The van der Waals surface area contributed by atoms with Crippen molar-refractivity contribution in [2.75, 3.05) is 7.11 Å². The molecule has 6 heteroatoms. The highest BCUT2D eigenvalue weighted by molar-refractivity contribution is 5.71. The molecule has 0 amide bonds. The molecule has 1 unspecified atom stereocenters. The summed E-state index contributed by atoms with van der Waals surface area (Å²) in [6, 6.07) is 1.80. The standard InChI is InChI=1S/C8H10N4O2/c1-6(8(13)14-2)4-12-5-10-7(3-9)11-12/h5-6H,4H2,1-2H3. The maximum absolute atomic E-state index is 11.0. The van der Waals surface area contributed by atoms with Gasteiger partial charge in [-0.15, -0.1) is 5.10 Å². The molecular formula is C8H10N4O2. The van der Waals surface area contributed by atoms with Crippen LogP contribution in [0.2, 0.25) is 0 Å². The lowest BCUT2D eigenvalue weighted by Crippen LogP contribution is -2.19. The molecule has 0 aromatic carbocycles. The van der Waals surface area contributed by atoms with Crippen LogP contribution in [0, 0.1) is 17.2 Å². The van der Waals surface area contributed by atoms with Gasteiger partial charge in [-0.25, -0.2) is 4.98 Å². The molecule has 1 heterocycles. The van der Waals surface area contributed by atoms with Gasteiger partial charge in [-0.3, -0.25) is 9.48 Å². The van der Waals surface area contributed by atoms with Crippen LogP contribution >= 0.6 is 0 Å². The van der Waals surface area contributed by atoms with Crippen molar-refractivity contribution in [1.82, 2.24) is 14.8 Å². The minimum atomic E-state index is -0.306. The highest BCUT2D eigenvalue weighted by atomic mass is 16.5. The van der Waals surface area contributed by atoms with Crippen LogP contribution in [0.25, 0.3) is 0 Å². The van der Waals surface area contributed by atoms with Crippen LogP contribution < -0.4 is 0 Å². The zero-order chi connectivity index (χ0) is 10.6. The van der Waals surface area contributed by atoms with Gasteiger partial charge in [0.1, 0.15) is 12.4 Å². The van der Waals surface area contributed by atoms with E-state index < -0.39 is 0 Å². The summed E-state index contributed by atoms with van der Waals surface area (Å²) < 4.78 is 6.00. The van der Waals surface area contributed by atoms with Crippen molar-refractivity contribution in [3.63, 3.8) is 0 Å². The van der Waals surface area contributed by atoms with Crippen molar-refractivity contribution >= 4 is 5.97 Å². The van der Waals surface area contributed by atoms with Gasteiger partial charge in [0.15, 0.2) is 0 Å². The SMILES string of the molecule is COC(=O)C(C)Cn1cnc(C#N)n1. The molecule has 0 N–H and O–H groups in total. The Bertz CT molecular complexity index is 366. The van der Waals surface area contributed by atoms with E-state index in [1.54, 1.807) is 13.0 Å². The van der Waals surface area contributed by atoms with E-state index in [1.807, 2.05) is 0 Å². The van der Waals surface area contributed by atoms with Gasteiger partial charge in [-0.05, 0) is 0 Å². The quantitative estimate of drug-likeness (QED) is 0.630. The van der Waals surface area contributed by atoms with E-state index in [1.165, 1.54) is 18.1 Å². The summed E-state index contributed by atoms with van der Waals surface area (Å²) in [4.78, 5) is 14.8. The van der Waals surface area contributed by atoms with Crippen LogP contribution in [0.4, 0.5) is 0 Å². The molecule has 74 valence electrons. The Morgan fingerprint density at radius 2 is 2.57 bits per heavy atom. The number of rotatable bonds is 3. The molecule has 1 atom stereocenters. The normalized spacial score (nSPS) is 11.8. The lowest BCUT2D eigenvalue weighted by Gasteiger charge is -2.07. The first-order chi connectivity index (χ1) is 6.67. The predicted octanol–water partition coefficient (Wildman–Crippen LogP) is -0.0411. The zero-order valence-corrected chi connectivity index (χ0v) is 7.97. The summed E-state index contributed by atoms with van der Waals surface area (Å²) in [6.07, 6.45) is 1.41. The molecule has 0 saturated carbocycles. The van der Waals surface area contributed by atoms with Crippen LogP contribution in [0.1, 0.15) is 12.7 Å². The smallest absolute Gasteiger partial charge is 0.310 e. The number of nitriles is 1. The molecule has 0 radical (unpaired) electrons. The molecule has 0 spiro atoms. The summed E-state index contributed by atoms with van der Waals surface area (Å²) in [5, 5.41) is 12.3. The second kappa shape index (κ2) is 4.37. The number of ether oxygens (including phenoxy) is 1. The first-order valence-electron chi connectivity index (χ1n) is 4.04. The average Bonchev–Trinajstić information content (AvgIpc) is 2.64. The van der Waals surface area contributed by atoms with Gasteiger partial charge in [-0.2, -0.15) is 5.26 Å². The van der Waals surface area contributed by atoms with E-state index in [9.17, 15) is 4.79 Å². The summed E-state index contributed by atoms with van der Waals surface area (Å²) >= 11 is 0. The van der Waals surface area contributed by atoms with Gasteiger partial charge in [0, 0.05) is 0 Å². The fourth-order valence-electron chi connectivity index (χ4n) is 0.990. The molecule has 1 rings (SSSR count). The molecule has 1 aromatic heterocycles. The van der Waals surface area contributed by atoms with Gasteiger partial charge in [0.05, 0.1) is 19.6 Å². The van der Waals surface area contributed by atoms with Crippen molar-refractivity contribution in [2.24, 2.45) is 5.92 Å². The van der Waals surface area contributed by atoms with Crippen LogP contribution in [0.3, 0.4) is 0 Å². The van der Waals surface area contributed by atoms with E-state index >= 15 is 0 Å². The van der Waals surface area contributed by atoms with Crippen LogP contribution in [-0.4, -0.2) is 27.8 Å².